The number of rotatable bonds is 12. The molecule has 1 unspecified atom stereocenters. The molecule has 1 rings (SSSR count). The zero-order valence-electron chi connectivity index (χ0n) is 23.0. The van der Waals surface area contributed by atoms with Crippen LogP contribution in [0.5, 0.6) is 0 Å². The first kappa shape index (κ1) is 33.9. The molecule has 1 aromatic carbocycles. The molecule has 0 bridgehead atoms. The Labute approximate surface area is 220 Å². The van der Waals surface area contributed by atoms with Gasteiger partial charge in [-0.15, -0.1) is 0 Å². The maximum absolute atomic E-state index is 14.1. The average Bonchev–Trinajstić information content (AvgIpc) is 2.70. The molecule has 0 spiro atoms. The summed E-state index contributed by atoms with van der Waals surface area (Å²) in [7, 11) is 0. The van der Waals surface area contributed by atoms with Gasteiger partial charge in [0, 0.05) is 32.5 Å². The molecular formula is C27H45FO5S2. The minimum atomic E-state index is -1.37. The van der Waals surface area contributed by atoms with Crippen LogP contribution in [0.4, 0.5) is 4.39 Å². The van der Waals surface area contributed by atoms with E-state index in [0.717, 1.165) is 18.1 Å². The fourth-order valence-corrected chi connectivity index (χ4v) is 4.63. The Morgan fingerprint density at radius 3 is 1.86 bits per heavy atom. The fraction of sp³-hybridized carbons (Fsp3) is 0.704. The van der Waals surface area contributed by atoms with Gasteiger partial charge in [0.05, 0.1) is 24.4 Å². The van der Waals surface area contributed by atoms with Crippen molar-refractivity contribution >= 4 is 35.3 Å². The van der Waals surface area contributed by atoms with Gasteiger partial charge in [0.15, 0.2) is 5.78 Å². The van der Waals surface area contributed by atoms with E-state index in [1.165, 1.54) is 17.8 Å². The molecule has 2 N–H and O–H groups in total. The van der Waals surface area contributed by atoms with E-state index in [9.17, 15) is 19.1 Å². The van der Waals surface area contributed by atoms with Crippen LogP contribution in [0.25, 0.3) is 0 Å². The van der Waals surface area contributed by atoms with E-state index in [0.29, 0.717) is 18.1 Å². The van der Waals surface area contributed by atoms with Crippen LogP contribution in [0.15, 0.2) is 18.2 Å². The first-order valence-corrected chi connectivity index (χ1v) is 13.9. The Hall–Kier alpha value is -1.09. The van der Waals surface area contributed by atoms with Crippen molar-refractivity contribution in [2.75, 3.05) is 24.7 Å². The third-order valence-electron chi connectivity index (χ3n) is 4.44. The predicted octanol–water partition coefficient (Wildman–Crippen LogP) is 6.82. The van der Waals surface area contributed by atoms with E-state index >= 15 is 0 Å². The second-order valence-electron chi connectivity index (χ2n) is 11.5. The Balaban J connectivity index is 0.00000267. The van der Waals surface area contributed by atoms with Crippen LogP contribution in [-0.4, -0.2) is 61.8 Å². The van der Waals surface area contributed by atoms with Crippen molar-refractivity contribution in [2.45, 2.75) is 84.3 Å². The summed E-state index contributed by atoms with van der Waals surface area (Å²) < 4.78 is 19.4. The molecule has 0 heterocycles. The van der Waals surface area contributed by atoms with Crippen LogP contribution in [0.1, 0.15) is 90.0 Å². The van der Waals surface area contributed by atoms with Gasteiger partial charge in [-0.25, -0.2) is 9.18 Å². The Bertz CT molecular complexity index is 814. The minimum absolute atomic E-state index is 0.0292. The van der Waals surface area contributed by atoms with E-state index in [4.69, 9.17) is 9.84 Å². The summed E-state index contributed by atoms with van der Waals surface area (Å²) in [5, 5.41) is 18.6. The molecule has 0 aromatic heterocycles. The van der Waals surface area contributed by atoms with Gasteiger partial charge in [-0.05, 0) is 66.5 Å². The number of carboxylic acids is 1. The topological polar surface area (TPSA) is 83.8 Å². The largest absolute Gasteiger partial charge is 0.478 e. The summed E-state index contributed by atoms with van der Waals surface area (Å²) in [5.41, 5.74) is -0.574. The number of aromatic carboxylic acids is 1. The molecule has 0 aliphatic carbocycles. The zero-order chi connectivity index (χ0) is 27.6. The molecular weight excluding hydrogens is 487 g/mol. The summed E-state index contributed by atoms with van der Waals surface area (Å²) >= 11 is 3.10. The second kappa shape index (κ2) is 14.6. The van der Waals surface area contributed by atoms with Crippen LogP contribution in [0, 0.1) is 17.7 Å². The average molecular weight is 533 g/mol. The highest BCUT2D eigenvalue weighted by atomic mass is 32.2. The van der Waals surface area contributed by atoms with Gasteiger partial charge in [-0.2, -0.15) is 23.5 Å². The number of benzene rings is 1. The number of aliphatic hydroxyl groups is 1. The first-order chi connectivity index (χ1) is 15.8. The van der Waals surface area contributed by atoms with Crippen molar-refractivity contribution in [3.05, 3.63) is 35.1 Å². The van der Waals surface area contributed by atoms with Crippen molar-refractivity contribution in [3.63, 3.8) is 0 Å². The van der Waals surface area contributed by atoms with Gasteiger partial charge in [-0.1, -0.05) is 26.8 Å². The number of hydrogen-bond acceptors (Lipinski definition) is 6. The number of carbonyl (C=O) groups excluding carboxylic acids is 1. The highest BCUT2D eigenvalue weighted by molar-refractivity contribution is 8.01. The van der Waals surface area contributed by atoms with Gasteiger partial charge in [0.1, 0.15) is 5.82 Å². The van der Waals surface area contributed by atoms with Crippen molar-refractivity contribution in [3.8, 4) is 0 Å². The molecule has 8 heteroatoms. The number of ether oxygens (including phenoxy) is 1. The number of ketones is 1. The molecule has 0 fully saturated rings. The lowest BCUT2D eigenvalue weighted by Crippen LogP contribution is -2.32. The monoisotopic (exact) mass is 532 g/mol. The number of carboxylic acid groups (broad SMARTS) is 1. The van der Waals surface area contributed by atoms with Gasteiger partial charge in [0.25, 0.3) is 0 Å². The maximum Gasteiger partial charge on any atom is 0.338 e. The highest BCUT2D eigenvalue weighted by Crippen LogP contribution is 2.33. The lowest BCUT2D eigenvalue weighted by atomic mass is 9.99. The van der Waals surface area contributed by atoms with Gasteiger partial charge >= 0.3 is 5.97 Å². The third kappa shape index (κ3) is 14.9. The van der Waals surface area contributed by atoms with Crippen LogP contribution >= 0.6 is 23.5 Å². The summed E-state index contributed by atoms with van der Waals surface area (Å²) in [6.45, 7) is 20.9. The normalized spacial score (nSPS) is 13.3. The number of carbonyl (C=O) groups is 2. The first-order valence-electron chi connectivity index (χ1n) is 11.9. The highest BCUT2D eigenvalue weighted by Gasteiger charge is 2.29. The quantitative estimate of drug-likeness (QED) is 0.286. The Morgan fingerprint density at radius 2 is 1.46 bits per heavy atom. The Morgan fingerprint density at radius 1 is 0.971 bits per heavy atom. The fourth-order valence-electron chi connectivity index (χ4n) is 2.41. The lowest BCUT2D eigenvalue weighted by molar-refractivity contribution is -0.0110. The van der Waals surface area contributed by atoms with E-state index in [1.807, 2.05) is 34.6 Å². The minimum Gasteiger partial charge on any atom is -0.478 e. The molecule has 0 amide bonds. The van der Waals surface area contributed by atoms with Crippen LogP contribution in [-0.2, 0) is 4.74 Å². The van der Waals surface area contributed by atoms with Crippen molar-refractivity contribution < 1.29 is 28.9 Å². The maximum atomic E-state index is 14.1. The number of Topliss-reactive ketones (excluding diaryl/α,β-unsaturated/α-hetero) is 1. The molecule has 0 aliphatic heterocycles. The number of hydrogen-bond donors (Lipinski definition) is 2. The van der Waals surface area contributed by atoms with E-state index in [1.54, 1.807) is 11.8 Å². The molecule has 0 aliphatic rings. The molecule has 0 saturated carbocycles. The van der Waals surface area contributed by atoms with Gasteiger partial charge < -0.3 is 14.9 Å². The molecule has 35 heavy (non-hydrogen) atoms. The number of aliphatic hydroxyl groups excluding tert-OH is 1. The Kier molecular flexibility index (Phi) is 14.1. The summed E-state index contributed by atoms with van der Waals surface area (Å²) in [4.78, 5) is 24.2. The molecule has 0 radical (unpaired) electrons. The smallest absolute Gasteiger partial charge is 0.338 e. The SMILES string of the molecule is CC(C)(C)OCC(C)(C)SCC(CSC(C)(C)CO)C(=O)c1ccc(C(=O)O)c(F)c1.CC(C)C. The van der Waals surface area contributed by atoms with Gasteiger partial charge in [-0.3, -0.25) is 4.79 Å². The summed E-state index contributed by atoms with van der Waals surface area (Å²) in [5.74, 6) is -1.17. The van der Waals surface area contributed by atoms with Crippen molar-refractivity contribution in [1.82, 2.24) is 0 Å². The van der Waals surface area contributed by atoms with Crippen molar-refractivity contribution in [2.24, 2.45) is 11.8 Å². The van der Waals surface area contributed by atoms with Crippen LogP contribution in [0.3, 0.4) is 0 Å². The van der Waals surface area contributed by atoms with E-state index < -0.39 is 28.0 Å². The van der Waals surface area contributed by atoms with Crippen molar-refractivity contribution in [1.29, 1.82) is 0 Å². The third-order valence-corrected chi connectivity index (χ3v) is 7.39. The summed E-state index contributed by atoms with van der Waals surface area (Å²) in [6, 6.07) is 3.49. The zero-order valence-corrected chi connectivity index (χ0v) is 24.7. The van der Waals surface area contributed by atoms with E-state index in [2.05, 4.69) is 34.6 Å². The standard InChI is InChI=1S/C23H35FO5S2.C4H10/c1-21(2,3)29-14-23(6,7)31-12-16(11-30-22(4,5)13-25)19(26)15-8-9-17(20(27)28)18(24)10-15;1-4(2)3/h8-10,16,25H,11-14H2,1-7H3,(H,27,28);4H,1-3H3. The molecule has 5 nitrogen and oxygen atoms in total. The molecule has 202 valence electrons. The number of halogens is 1. The van der Waals surface area contributed by atoms with Crippen LogP contribution < -0.4 is 0 Å². The van der Waals surface area contributed by atoms with Crippen LogP contribution in [0.2, 0.25) is 0 Å². The van der Waals surface area contributed by atoms with Gasteiger partial charge in [0.2, 0.25) is 0 Å². The molecule has 0 saturated heterocycles. The molecule has 1 aromatic rings. The molecule has 1 atom stereocenters. The summed E-state index contributed by atoms with van der Waals surface area (Å²) in [6.07, 6.45) is 0. The lowest BCUT2D eigenvalue weighted by Gasteiger charge is -2.31. The van der Waals surface area contributed by atoms with E-state index in [-0.39, 0.29) is 28.3 Å². The predicted molar refractivity (Wildman–Crippen MR) is 148 cm³/mol. The second-order valence-corrected chi connectivity index (χ2v) is 14.9. The number of thioether (sulfide) groups is 2.